The normalized spacial score (nSPS) is 13.6. The summed E-state index contributed by atoms with van der Waals surface area (Å²) in [6.45, 7) is 2.58. The molecule has 0 atom stereocenters. The van der Waals surface area contributed by atoms with E-state index >= 15 is 0 Å². The number of carbonyl (C=O) groups is 1. The average Bonchev–Trinajstić information content (AvgIpc) is 3.15. The summed E-state index contributed by atoms with van der Waals surface area (Å²) < 4.78 is 0. The van der Waals surface area contributed by atoms with Crippen molar-refractivity contribution in [3.05, 3.63) is 69.7 Å². The fourth-order valence-electron chi connectivity index (χ4n) is 3.20. The largest absolute Gasteiger partial charge is 0.345 e. The minimum absolute atomic E-state index is 0.0858. The van der Waals surface area contributed by atoms with Crippen molar-refractivity contribution in [3.8, 4) is 11.4 Å². The van der Waals surface area contributed by atoms with E-state index in [0.29, 0.717) is 48.0 Å². The third-order valence-corrected chi connectivity index (χ3v) is 4.39. The Morgan fingerprint density at radius 2 is 2.12 bits per heavy atom. The lowest BCUT2D eigenvalue weighted by Gasteiger charge is -2.28. The van der Waals surface area contributed by atoms with Crippen molar-refractivity contribution < 1.29 is 4.79 Å². The molecule has 1 aliphatic heterocycles. The summed E-state index contributed by atoms with van der Waals surface area (Å²) >= 11 is 0. The lowest BCUT2D eigenvalue weighted by atomic mass is 10.0. The van der Waals surface area contributed by atoms with Crippen LogP contribution in [0.4, 0.5) is 0 Å². The van der Waals surface area contributed by atoms with Gasteiger partial charge in [-0.1, -0.05) is 18.2 Å². The van der Waals surface area contributed by atoms with Gasteiger partial charge in [0, 0.05) is 30.1 Å². The van der Waals surface area contributed by atoms with Crippen LogP contribution in [0.15, 0.2) is 41.5 Å². The van der Waals surface area contributed by atoms with E-state index in [9.17, 15) is 9.59 Å². The van der Waals surface area contributed by atoms with Gasteiger partial charge >= 0.3 is 0 Å². The molecule has 2 aromatic heterocycles. The van der Waals surface area contributed by atoms with Gasteiger partial charge in [0.05, 0.1) is 17.8 Å². The third kappa shape index (κ3) is 2.73. The lowest BCUT2D eigenvalue weighted by molar-refractivity contribution is 0.0732. The first kappa shape index (κ1) is 15.3. The Balaban J connectivity index is 1.68. The van der Waals surface area contributed by atoms with Crippen LogP contribution in [0.25, 0.3) is 11.4 Å². The summed E-state index contributed by atoms with van der Waals surface area (Å²) in [5.41, 5.74) is 2.59. The van der Waals surface area contributed by atoms with Crippen LogP contribution in [0.3, 0.4) is 0 Å². The molecular weight excluding hydrogens is 318 g/mol. The Morgan fingerprint density at radius 1 is 1.28 bits per heavy atom. The Bertz CT molecular complexity index is 991. The molecule has 126 valence electrons. The number of amides is 1. The van der Waals surface area contributed by atoms with Gasteiger partial charge in [0.1, 0.15) is 11.6 Å². The molecule has 7 heteroatoms. The summed E-state index contributed by atoms with van der Waals surface area (Å²) in [7, 11) is 0. The van der Waals surface area contributed by atoms with Gasteiger partial charge in [0.2, 0.25) is 0 Å². The van der Waals surface area contributed by atoms with Crippen molar-refractivity contribution in [1.29, 1.82) is 0 Å². The van der Waals surface area contributed by atoms with Gasteiger partial charge in [0.15, 0.2) is 0 Å². The highest BCUT2D eigenvalue weighted by molar-refractivity contribution is 6.00. The van der Waals surface area contributed by atoms with Gasteiger partial charge in [0.25, 0.3) is 11.5 Å². The molecule has 0 fully saturated rings. The first-order valence-electron chi connectivity index (χ1n) is 8.10. The quantitative estimate of drug-likeness (QED) is 0.745. The first-order chi connectivity index (χ1) is 12.1. The number of nitrogens with zero attached hydrogens (tertiary/aromatic N) is 3. The van der Waals surface area contributed by atoms with Crippen LogP contribution in [0, 0.1) is 6.92 Å². The van der Waals surface area contributed by atoms with Crippen LogP contribution < -0.4 is 5.56 Å². The van der Waals surface area contributed by atoms with Gasteiger partial charge < -0.3 is 14.9 Å². The molecule has 1 amide bonds. The maximum atomic E-state index is 13.1. The van der Waals surface area contributed by atoms with Crippen LogP contribution in [0.1, 0.15) is 27.4 Å². The first-order valence-corrected chi connectivity index (χ1v) is 8.10. The van der Waals surface area contributed by atoms with Gasteiger partial charge in [-0.3, -0.25) is 9.59 Å². The molecule has 0 spiro atoms. The monoisotopic (exact) mass is 335 g/mol. The summed E-state index contributed by atoms with van der Waals surface area (Å²) in [6, 6.07) is 7.39. The van der Waals surface area contributed by atoms with E-state index in [2.05, 4.69) is 19.9 Å². The molecule has 0 saturated carbocycles. The van der Waals surface area contributed by atoms with Crippen molar-refractivity contribution in [3.63, 3.8) is 0 Å². The second kappa shape index (κ2) is 6.01. The Morgan fingerprint density at radius 3 is 2.92 bits per heavy atom. The van der Waals surface area contributed by atoms with E-state index in [1.807, 2.05) is 18.2 Å². The topological polar surface area (TPSA) is 94.7 Å². The van der Waals surface area contributed by atoms with E-state index in [1.54, 1.807) is 30.3 Å². The summed E-state index contributed by atoms with van der Waals surface area (Å²) in [6.07, 6.45) is 3.89. The van der Waals surface area contributed by atoms with Crippen molar-refractivity contribution in [2.45, 2.75) is 19.9 Å². The van der Waals surface area contributed by atoms with E-state index in [4.69, 9.17) is 0 Å². The predicted molar refractivity (Wildman–Crippen MR) is 92.1 cm³/mol. The number of aromatic amines is 2. The molecule has 4 rings (SSSR count). The van der Waals surface area contributed by atoms with Gasteiger partial charge in [-0.05, 0) is 19.4 Å². The highest BCUT2D eigenvalue weighted by atomic mass is 16.2. The molecule has 1 aliphatic rings. The van der Waals surface area contributed by atoms with Crippen molar-refractivity contribution in [2.75, 3.05) is 6.54 Å². The summed E-state index contributed by atoms with van der Waals surface area (Å²) in [4.78, 5) is 41.2. The number of nitrogens with one attached hydrogen (secondary N) is 2. The van der Waals surface area contributed by atoms with Crippen molar-refractivity contribution in [2.24, 2.45) is 0 Å². The second-order valence-electron chi connectivity index (χ2n) is 6.04. The molecule has 0 saturated heterocycles. The molecule has 0 bridgehead atoms. The smallest absolute Gasteiger partial charge is 0.254 e. The molecular formula is C18H17N5O2. The fourth-order valence-corrected chi connectivity index (χ4v) is 3.20. The lowest BCUT2D eigenvalue weighted by Crippen LogP contribution is -2.39. The Kier molecular flexibility index (Phi) is 3.68. The molecule has 3 aromatic rings. The minimum Gasteiger partial charge on any atom is -0.345 e. The molecule has 1 aromatic carbocycles. The van der Waals surface area contributed by atoms with Crippen LogP contribution >= 0.6 is 0 Å². The van der Waals surface area contributed by atoms with Gasteiger partial charge in [-0.15, -0.1) is 0 Å². The summed E-state index contributed by atoms with van der Waals surface area (Å²) in [5.74, 6) is 1.14. The standard InChI is InChI=1S/C18H17N5O2/c1-11-21-15-10-23(9-6-14(15)17(24)22-11)18(25)13-5-3-2-4-12(13)16-19-7-8-20-16/h2-5,7-8H,6,9-10H2,1H3,(H,19,20)(H,21,22,24). The average molecular weight is 335 g/mol. The molecule has 2 N–H and O–H groups in total. The number of fused-ring (bicyclic) bond motifs is 1. The fraction of sp³-hybridized carbons (Fsp3) is 0.222. The second-order valence-corrected chi connectivity index (χ2v) is 6.04. The van der Waals surface area contributed by atoms with E-state index in [0.717, 1.165) is 5.56 Å². The van der Waals surface area contributed by atoms with E-state index in [-0.39, 0.29) is 11.5 Å². The highest BCUT2D eigenvalue weighted by Gasteiger charge is 2.26. The Hall–Kier alpha value is -3.22. The van der Waals surface area contributed by atoms with Crippen LogP contribution in [-0.2, 0) is 13.0 Å². The van der Waals surface area contributed by atoms with Crippen LogP contribution in [0.2, 0.25) is 0 Å². The number of aryl methyl sites for hydroxylation is 1. The number of carbonyl (C=O) groups excluding carboxylic acids is 1. The molecule has 7 nitrogen and oxygen atoms in total. The van der Waals surface area contributed by atoms with Crippen molar-refractivity contribution >= 4 is 5.91 Å². The van der Waals surface area contributed by atoms with Crippen LogP contribution in [0.5, 0.6) is 0 Å². The van der Waals surface area contributed by atoms with E-state index in [1.165, 1.54) is 0 Å². The molecule has 25 heavy (non-hydrogen) atoms. The molecule has 0 unspecified atom stereocenters. The predicted octanol–water partition coefficient (Wildman–Crippen LogP) is 1.67. The highest BCUT2D eigenvalue weighted by Crippen LogP contribution is 2.23. The zero-order chi connectivity index (χ0) is 17.4. The number of benzene rings is 1. The van der Waals surface area contributed by atoms with Crippen LogP contribution in [-0.4, -0.2) is 37.3 Å². The summed E-state index contributed by atoms with van der Waals surface area (Å²) in [5, 5.41) is 0. The molecule has 0 radical (unpaired) electrons. The number of hydrogen-bond acceptors (Lipinski definition) is 4. The number of imidazole rings is 1. The maximum absolute atomic E-state index is 13.1. The number of aromatic nitrogens is 4. The number of rotatable bonds is 2. The zero-order valence-electron chi connectivity index (χ0n) is 13.7. The maximum Gasteiger partial charge on any atom is 0.254 e. The SMILES string of the molecule is Cc1nc2c(c(=O)[nH]1)CCN(C(=O)c1ccccc1-c1ncc[nH]1)C2. The molecule has 0 aliphatic carbocycles. The van der Waals surface area contributed by atoms with Crippen molar-refractivity contribution in [1.82, 2.24) is 24.8 Å². The Labute approximate surface area is 143 Å². The molecule has 3 heterocycles. The van der Waals surface area contributed by atoms with Gasteiger partial charge in [-0.25, -0.2) is 9.97 Å². The third-order valence-electron chi connectivity index (χ3n) is 4.39. The minimum atomic E-state index is -0.106. The van der Waals surface area contributed by atoms with E-state index < -0.39 is 0 Å². The number of hydrogen-bond donors (Lipinski definition) is 2. The zero-order valence-corrected chi connectivity index (χ0v) is 13.7. The number of H-pyrrole nitrogens is 2. The van der Waals surface area contributed by atoms with Gasteiger partial charge in [-0.2, -0.15) is 0 Å².